The number of carbonyl (C=O) groups is 1. The molecule has 0 unspecified atom stereocenters. The number of nitrogens with zero attached hydrogens (tertiary/aromatic N) is 4. The molecule has 144 valence electrons. The summed E-state index contributed by atoms with van der Waals surface area (Å²) in [5, 5.41) is 11.9. The molecule has 2 heterocycles. The van der Waals surface area contributed by atoms with Crippen molar-refractivity contribution >= 4 is 23.1 Å². The highest BCUT2D eigenvalue weighted by molar-refractivity contribution is 6.04. The predicted octanol–water partition coefficient (Wildman–Crippen LogP) is 3.53. The Balaban J connectivity index is 1.38. The molecule has 1 aromatic heterocycles. The van der Waals surface area contributed by atoms with E-state index in [9.17, 15) is 4.79 Å². The summed E-state index contributed by atoms with van der Waals surface area (Å²) < 4.78 is 0. The van der Waals surface area contributed by atoms with Gasteiger partial charge in [0.15, 0.2) is 0 Å². The van der Waals surface area contributed by atoms with Gasteiger partial charge in [0.25, 0.3) is 5.91 Å². The van der Waals surface area contributed by atoms with Crippen molar-refractivity contribution < 1.29 is 4.79 Å². The molecule has 0 saturated carbocycles. The molecule has 1 amide bonds. The van der Waals surface area contributed by atoms with E-state index in [1.54, 1.807) is 36.5 Å². The Kier molecular flexibility index (Phi) is 5.39. The first-order chi connectivity index (χ1) is 14.2. The number of anilines is 3. The van der Waals surface area contributed by atoms with Gasteiger partial charge in [0.2, 0.25) is 0 Å². The maximum absolute atomic E-state index is 12.5. The maximum atomic E-state index is 12.5. The van der Waals surface area contributed by atoms with Crippen LogP contribution in [0.1, 0.15) is 15.9 Å². The van der Waals surface area contributed by atoms with E-state index in [1.807, 2.05) is 12.1 Å². The van der Waals surface area contributed by atoms with Gasteiger partial charge < -0.3 is 15.1 Å². The number of rotatable bonds is 4. The van der Waals surface area contributed by atoms with Crippen LogP contribution in [-0.2, 0) is 0 Å². The fourth-order valence-electron chi connectivity index (χ4n) is 3.42. The van der Waals surface area contributed by atoms with Crippen molar-refractivity contribution in [2.75, 3.05) is 41.3 Å². The van der Waals surface area contributed by atoms with Gasteiger partial charge in [-0.15, -0.1) is 0 Å². The lowest BCUT2D eigenvalue weighted by molar-refractivity contribution is 0.102. The number of carbonyl (C=O) groups excluding carboxylic acids is 1. The van der Waals surface area contributed by atoms with Crippen molar-refractivity contribution in [1.29, 1.82) is 5.26 Å². The average molecular weight is 383 g/mol. The highest BCUT2D eigenvalue weighted by Gasteiger charge is 2.18. The second-order valence-electron chi connectivity index (χ2n) is 6.83. The van der Waals surface area contributed by atoms with Gasteiger partial charge in [0.05, 0.1) is 16.8 Å². The van der Waals surface area contributed by atoms with Crippen LogP contribution in [0.5, 0.6) is 0 Å². The number of pyridine rings is 1. The van der Waals surface area contributed by atoms with Crippen LogP contribution in [0.15, 0.2) is 72.9 Å². The molecule has 6 heteroatoms. The monoisotopic (exact) mass is 383 g/mol. The van der Waals surface area contributed by atoms with E-state index >= 15 is 0 Å². The SMILES string of the molecule is N#Cc1ccccc1NC(=O)c1ccc(N2CCN(c3ccccc3)CC2)nc1. The molecular weight excluding hydrogens is 362 g/mol. The van der Waals surface area contributed by atoms with Crippen molar-refractivity contribution in [3.63, 3.8) is 0 Å². The predicted molar refractivity (Wildman–Crippen MR) is 114 cm³/mol. The van der Waals surface area contributed by atoms with E-state index in [0.29, 0.717) is 16.8 Å². The molecule has 0 atom stereocenters. The lowest BCUT2D eigenvalue weighted by atomic mass is 10.2. The minimum absolute atomic E-state index is 0.277. The Bertz CT molecular complexity index is 1020. The Morgan fingerprint density at radius 1 is 0.897 bits per heavy atom. The zero-order valence-electron chi connectivity index (χ0n) is 16.0. The van der Waals surface area contributed by atoms with Crippen LogP contribution in [0.25, 0.3) is 0 Å². The van der Waals surface area contributed by atoms with Gasteiger partial charge in [-0.3, -0.25) is 4.79 Å². The van der Waals surface area contributed by atoms with Crippen LogP contribution in [0.4, 0.5) is 17.2 Å². The van der Waals surface area contributed by atoms with Crippen LogP contribution in [0, 0.1) is 11.3 Å². The largest absolute Gasteiger partial charge is 0.368 e. The number of aromatic nitrogens is 1. The summed E-state index contributed by atoms with van der Waals surface area (Å²) in [4.78, 5) is 21.6. The molecule has 2 aromatic carbocycles. The number of hydrogen-bond acceptors (Lipinski definition) is 5. The van der Waals surface area contributed by atoms with Crippen LogP contribution in [0.2, 0.25) is 0 Å². The summed E-state index contributed by atoms with van der Waals surface area (Å²) in [5.74, 6) is 0.590. The quantitative estimate of drug-likeness (QED) is 0.746. The molecule has 1 fully saturated rings. The standard InChI is InChI=1S/C23H21N5O/c24-16-18-6-4-5-9-21(18)26-23(29)19-10-11-22(25-17-19)28-14-12-27(13-15-28)20-7-2-1-3-8-20/h1-11,17H,12-15H2,(H,26,29). The molecule has 1 N–H and O–H groups in total. The summed E-state index contributed by atoms with van der Waals surface area (Å²) in [6.45, 7) is 3.61. The first-order valence-corrected chi connectivity index (χ1v) is 9.56. The number of para-hydroxylation sites is 2. The van der Waals surface area contributed by atoms with E-state index in [-0.39, 0.29) is 5.91 Å². The maximum Gasteiger partial charge on any atom is 0.257 e. The van der Waals surface area contributed by atoms with Gasteiger partial charge in [-0.25, -0.2) is 4.98 Å². The molecule has 0 bridgehead atoms. The smallest absolute Gasteiger partial charge is 0.257 e. The van der Waals surface area contributed by atoms with E-state index in [1.165, 1.54) is 5.69 Å². The third-order valence-corrected chi connectivity index (χ3v) is 5.03. The number of amides is 1. The lowest BCUT2D eigenvalue weighted by Gasteiger charge is -2.36. The van der Waals surface area contributed by atoms with Crippen LogP contribution < -0.4 is 15.1 Å². The number of nitrogens with one attached hydrogen (secondary N) is 1. The summed E-state index contributed by atoms with van der Waals surface area (Å²) >= 11 is 0. The van der Waals surface area contributed by atoms with Gasteiger partial charge in [-0.2, -0.15) is 5.26 Å². The third kappa shape index (κ3) is 4.19. The Labute approximate surface area is 170 Å². The summed E-state index contributed by atoms with van der Waals surface area (Å²) in [6, 6.07) is 23.1. The van der Waals surface area contributed by atoms with Crippen molar-refractivity contribution in [3.05, 3.63) is 84.1 Å². The molecule has 1 saturated heterocycles. The third-order valence-electron chi connectivity index (χ3n) is 5.03. The minimum Gasteiger partial charge on any atom is -0.368 e. The van der Waals surface area contributed by atoms with Gasteiger partial charge in [0, 0.05) is 38.1 Å². The first-order valence-electron chi connectivity index (χ1n) is 9.56. The highest BCUT2D eigenvalue weighted by atomic mass is 16.1. The van der Waals surface area contributed by atoms with Crippen molar-refractivity contribution in [3.8, 4) is 6.07 Å². The fraction of sp³-hybridized carbons (Fsp3) is 0.174. The zero-order chi connectivity index (χ0) is 20.1. The normalized spacial score (nSPS) is 13.6. The number of nitriles is 1. The summed E-state index contributed by atoms with van der Waals surface area (Å²) in [5.41, 5.74) is 2.64. The highest BCUT2D eigenvalue weighted by Crippen LogP contribution is 2.20. The lowest BCUT2D eigenvalue weighted by Crippen LogP contribution is -2.46. The topological polar surface area (TPSA) is 72.3 Å². The number of hydrogen-bond donors (Lipinski definition) is 1. The molecule has 29 heavy (non-hydrogen) atoms. The van der Waals surface area contributed by atoms with Crippen molar-refractivity contribution in [1.82, 2.24) is 4.98 Å². The molecule has 1 aliphatic rings. The molecule has 6 nitrogen and oxygen atoms in total. The van der Waals surface area contributed by atoms with Gasteiger partial charge in [-0.05, 0) is 36.4 Å². The van der Waals surface area contributed by atoms with E-state index in [4.69, 9.17) is 5.26 Å². The molecule has 0 aliphatic carbocycles. The van der Waals surface area contributed by atoms with Crippen LogP contribution in [-0.4, -0.2) is 37.1 Å². The fourth-order valence-corrected chi connectivity index (χ4v) is 3.42. The summed E-state index contributed by atoms with van der Waals surface area (Å²) in [6.07, 6.45) is 1.59. The second kappa shape index (κ2) is 8.44. The Hall–Kier alpha value is -3.85. The molecule has 0 radical (unpaired) electrons. The van der Waals surface area contributed by atoms with Crippen molar-refractivity contribution in [2.45, 2.75) is 0 Å². The van der Waals surface area contributed by atoms with Gasteiger partial charge >= 0.3 is 0 Å². The van der Waals surface area contributed by atoms with Gasteiger partial charge in [0.1, 0.15) is 11.9 Å². The average Bonchev–Trinajstić information content (AvgIpc) is 2.80. The van der Waals surface area contributed by atoms with E-state index < -0.39 is 0 Å². The van der Waals surface area contributed by atoms with Gasteiger partial charge in [-0.1, -0.05) is 30.3 Å². The van der Waals surface area contributed by atoms with Crippen LogP contribution >= 0.6 is 0 Å². The summed E-state index contributed by atoms with van der Waals surface area (Å²) in [7, 11) is 0. The Morgan fingerprint density at radius 2 is 1.59 bits per heavy atom. The zero-order valence-corrected chi connectivity index (χ0v) is 16.0. The Morgan fingerprint density at radius 3 is 2.28 bits per heavy atom. The van der Waals surface area contributed by atoms with E-state index in [0.717, 1.165) is 32.0 Å². The molecule has 0 spiro atoms. The van der Waals surface area contributed by atoms with Crippen LogP contribution in [0.3, 0.4) is 0 Å². The molecule has 4 rings (SSSR count). The number of piperazine rings is 1. The molecular formula is C23H21N5O. The van der Waals surface area contributed by atoms with E-state index in [2.05, 4.69) is 50.4 Å². The molecule has 3 aromatic rings. The first kappa shape index (κ1) is 18.5. The minimum atomic E-state index is -0.277. The molecule has 1 aliphatic heterocycles. The van der Waals surface area contributed by atoms with Crippen molar-refractivity contribution in [2.24, 2.45) is 0 Å². The number of benzene rings is 2. The second-order valence-corrected chi connectivity index (χ2v) is 6.83.